The Bertz CT molecular complexity index is 2140. The Hall–Kier alpha value is -5.61. The van der Waals surface area contributed by atoms with Gasteiger partial charge in [-0.2, -0.15) is 0 Å². The fraction of sp³-hybridized carbons (Fsp3) is 0. The Morgan fingerprint density at radius 1 is 0.463 bits per heavy atom. The average Bonchev–Trinajstić information content (AvgIpc) is 3.39. The van der Waals surface area contributed by atoms with Crippen LogP contribution in [-0.4, -0.2) is 19.5 Å². The normalized spacial score (nSPS) is 11.4. The summed E-state index contributed by atoms with van der Waals surface area (Å²) in [5, 5.41) is 4.75. The fourth-order valence-corrected chi connectivity index (χ4v) is 5.85. The van der Waals surface area contributed by atoms with E-state index in [0.29, 0.717) is 0 Å². The molecule has 8 rings (SSSR count). The topological polar surface area (TPSA) is 43.6 Å². The Balaban J connectivity index is 1.29. The fourth-order valence-electron chi connectivity index (χ4n) is 5.85. The zero-order chi connectivity index (χ0) is 27.2. The lowest BCUT2D eigenvalue weighted by Crippen LogP contribution is -1.95. The lowest BCUT2D eigenvalue weighted by Gasteiger charge is -2.13. The predicted octanol–water partition coefficient (Wildman–Crippen LogP) is 9.12. The van der Waals surface area contributed by atoms with Crippen molar-refractivity contribution in [3.63, 3.8) is 0 Å². The van der Waals surface area contributed by atoms with Crippen molar-refractivity contribution in [3.8, 4) is 39.3 Å². The highest BCUT2D eigenvalue weighted by atomic mass is 15.0. The predicted molar refractivity (Wildman–Crippen MR) is 168 cm³/mol. The lowest BCUT2D eigenvalue weighted by atomic mass is 9.97. The number of benzene rings is 4. The molecule has 0 amide bonds. The van der Waals surface area contributed by atoms with Crippen LogP contribution < -0.4 is 0 Å². The van der Waals surface area contributed by atoms with Gasteiger partial charge in [-0.15, -0.1) is 0 Å². The molecule has 4 heterocycles. The van der Waals surface area contributed by atoms with E-state index in [-0.39, 0.29) is 0 Å². The number of nitrogens with zero attached hydrogens (tertiary/aromatic N) is 4. The summed E-state index contributed by atoms with van der Waals surface area (Å²) in [6.45, 7) is 0. The molecule has 4 aromatic heterocycles. The first kappa shape index (κ1) is 23.3. The van der Waals surface area contributed by atoms with Crippen molar-refractivity contribution in [1.29, 1.82) is 0 Å². The van der Waals surface area contributed by atoms with Gasteiger partial charge in [0.25, 0.3) is 0 Å². The largest absolute Gasteiger partial charge is 0.309 e. The zero-order valence-corrected chi connectivity index (χ0v) is 22.1. The molecule has 0 radical (unpaired) electrons. The minimum Gasteiger partial charge on any atom is -0.309 e. The molecule has 4 heteroatoms. The molecular formula is C37H24N4. The summed E-state index contributed by atoms with van der Waals surface area (Å²) in [4.78, 5) is 13.7. The van der Waals surface area contributed by atoms with Crippen LogP contribution in [0.1, 0.15) is 0 Å². The Labute approximate surface area is 237 Å². The maximum absolute atomic E-state index is 5.14. The second kappa shape index (κ2) is 9.54. The van der Waals surface area contributed by atoms with E-state index in [1.807, 2.05) is 36.9 Å². The number of para-hydroxylation sites is 1. The molecular weight excluding hydrogens is 500 g/mol. The summed E-state index contributed by atoms with van der Waals surface area (Å²) in [5.41, 5.74) is 9.72. The SMILES string of the molecule is c1ccc2c(-c3cc(-c4ccc(-n5c6ccccc6c6cnccc65)cc4)cc(-c4ccncc4)n3)cccc2c1. The van der Waals surface area contributed by atoms with Crippen molar-refractivity contribution in [2.45, 2.75) is 0 Å². The third kappa shape index (κ3) is 3.97. The van der Waals surface area contributed by atoms with Crippen molar-refractivity contribution in [2.24, 2.45) is 0 Å². The molecule has 0 saturated carbocycles. The van der Waals surface area contributed by atoms with Gasteiger partial charge >= 0.3 is 0 Å². The van der Waals surface area contributed by atoms with Crippen LogP contribution in [0.2, 0.25) is 0 Å². The highest BCUT2D eigenvalue weighted by molar-refractivity contribution is 6.08. The minimum atomic E-state index is 0.923. The van der Waals surface area contributed by atoms with E-state index in [0.717, 1.165) is 50.2 Å². The van der Waals surface area contributed by atoms with E-state index in [2.05, 4.69) is 124 Å². The van der Waals surface area contributed by atoms with Gasteiger partial charge in [0.05, 0.1) is 22.4 Å². The number of aromatic nitrogens is 4. The number of fused-ring (bicyclic) bond motifs is 4. The summed E-state index contributed by atoms with van der Waals surface area (Å²) < 4.78 is 2.31. The van der Waals surface area contributed by atoms with Crippen LogP contribution >= 0.6 is 0 Å². The van der Waals surface area contributed by atoms with E-state index >= 15 is 0 Å². The number of rotatable bonds is 4. The first-order valence-corrected chi connectivity index (χ1v) is 13.7. The van der Waals surface area contributed by atoms with E-state index in [4.69, 9.17) is 4.98 Å². The van der Waals surface area contributed by atoms with Gasteiger partial charge in [-0.3, -0.25) is 9.97 Å². The molecule has 0 fully saturated rings. The maximum atomic E-state index is 5.14. The molecule has 0 unspecified atom stereocenters. The Morgan fingerprint density at radius 3 is 2.05 bits per heavy atom. The number of hydrogen-bond acceptors (Lipinski definition) is 3. The summed E-state index contributed by atoms with van der Waals surface area (Å²) in [7, 11) is 0. The second-order valence-electron chi connectivity index (χ2n) is 10.2. The van der Waals surface area contributed by atoms with E-state index in [9.17, 15) is 0 Å². The van der Waals surface area contributed by atoms with Gasteiger partial charge in [0.1, 0.15) is 0 Å². The number of pyridine rings is 3. The van der Waals surface area contributed by atoms with E-state index < -0.39 is 0 Å². The quantitative estimate of drug-likeness (QED) is 0.231. The van der Waals surface area contributed by atoms with Crippen LogP contribution in [-0.2, 0) is 0 Å². The van der Waals surface area contributed by atoms with Crippen molar-refractivity contribution in [3.05, 3.63) is 146 Å². The maximum Gasteiger partial charge on any atom is 0.0721 e. The molecule has 0 N–H and O–H groups in total. The summed E-state index contributed by atoms with van der Waals surface area (Å²) in [6, 6.07) is 42.7. The minimum absolute atomic E-state index is 0.923. The van der Waals surface area contributed by atoms with Gasteiger partial charge < -0.3 is 4.57 Å². The molecule has 8 aromatic rings. The van der Waals surface area contributed by atoms with Crippen LogP contribution in [0.3, 0.4) is 0 Å². The summed E-state index contributed by atoms with van der Waals surface area (Å²) in [6.07, 6.45) is 7.45. The molecule has 4 aromatic carbocycles. The monoisotopic (exact) mass is 524 g/mol. The van der Waals surface area contributed by atoms with Crippen molar-refractivity contribution >= 4 is 32.6 Å². The number of hydrogen-bond donors (Lipinski definition) is 0. The third-order valence-electron chi connectivity index (χ3n) is 7.80. The first-order valence-electron chi connectivity index (χ1n) is 13.7. The molecule has 41 heavy (non-hydrogen) atoms. The van der Waals surface area contributed by atoms with Crippen LogP contribution in [0, 0.1) is 0 Å². The van der Waals surface area contributed by atoms with Gasteiger partial charge in [-0.05, 0) is 70.4 Å². The van der Waals surface area contributed by atoms with Crippen LogP contribution in [0.4, 0.5) is 0 Å². The molecule has 0 saturated heterocycles. The Kier molecular flexibility index (Phi) is 5.42. The summed E-state index contributed by atoms with van der Waals surface area (Å²) >= 11 is 0. The molecule has 0 spiro atoms. The Morgan fingerprint density at radius 2 is 1.17 bits per heavy atom. The van der Waals surface area contributed by atoms with Crippen LogP contribution in [0.5, 0.6) is 0 Å². The van der Waals surface area contributed by atoms with Crippen molar-refractivity contribution in [1.82, 2.24) is 19.5 Å². The summed E-state index contributed by atoms with van der Waals surface area (Å²) in [5.74, 6) is 0. The molecule has 0 bridgehead atoms. The highest BCUT2D eigenvalue weighted by Crippen LogP contribution is 2.35. The van der Waals surface area contributed by atoms with Crippen molar-refractivity contribution in [2.75, 3.05) is 0 Å². The smallest absolute Gasteiger partial charge is 0.0721 e. The average molecular weight is 525 g/mol. The standard InChI is InChI=1S/C37H24N4/c1-2-8-30-26(6-1)7-5-10-31(30)35-23-28(22-34(40-35)27-16-19-38-20-17-27)25-12-14-29(15-13-25)41-36-11-4-3-9-32(36)33-24-39-21-18-37(33)41/h1-24H. The van der Waals surface area contributed by atoms with Gasteiger partial charge in [0.2, 0.25) is 0 Å². The molecule has 0 aliphatic carbocycles. The molecule has 0 aliphatic heterocycles. The van der Waals surface area contributed by atoms with Gasteiger partial charge in [-0.1, -0.05) is 72.8 Å². The van der Waals surface area contributed by atoms with Gasteiger partial charge in [0.15, 0.2) is 0 Å². The lowest BCUT2D eigenvalue weighted by molar-refractivity contribution is 1.17. The van der Waals surface area contributed by atoms with Gasteiger partial charge in [0, 0.05) is 52.4 Å². The van der Waals surface area contributed by atoms with Crippen LogP contribution in [0.25, 0.3) is 71.9 Å². The van der Waals surface area contributed by atoms with Crippen LogP contribution in [0.15, 0.2) is 146 Å². The van der Waals surface area contributed by atoms with Gasteiger partial charge in [-0.25, -0.2) is 4.98 Å². The molecule has 192 valence electrons. The molecule has 4 nitrogen and oxygen atoms in total. The first-order chi connectivity index (χ1) is 20.3. The zero-order valence-electron chi connectivity index (χ0n) is 22.1. The second-order valence-corrected chi connectivity index (χ2v) is 10.2. The molecule has 0 aliphatic rings. The van der Waals surface area contributed by atoms with Crippen molar-refractivity contribution < 1.29 is 0 Å². The molecule has 0 atom stereocenters. The third-order valence-corrected chi connectivity index (χ3v) is 7.80. The highest BCUT2D eigenvalue weighted by Gasteiger charge is 2.14. The van der Waals surface area contributed by atoms with E-state index in [1.165, 1.54) is 21.7 Å². The van der Waals surface area contributed by atoms with E-state index in [1.54, 1.807) is 0 Å².